The summed E-state index contributed by atoms with van der Waals surface area (Å²) in [6.45, 7) is 17.1. The molecule has 0 amide bonds. The number of rotatable bonds is 8. The van der Waals surface area contributed by atoms with E-state index in [4.69, 9.17) is 0 Å². The third-order valence-corrected chi connectivity index (χ3v) is 9.81. The molecule has 0 aliphatic heterocycles. The van der Waals surface area contributed by atoms with E-state index in [1.165, 1.54) is 0 Å². The van der Waals surface area contributed by atoms with Gasteiger partial charge in [-0.15, -0.1) is 0 Å². The molecule has 7 nitrogen and oxygen atoms in total. The maximum absolute atomic E-state index is 9.55. The molecule has 4 fully saturated rings. The fraction of sp³-hybridized carbons (Fsp3) is 0.917. The van der Waals surface area contributed by atoms with E-state index in [1.807, 2.05) is 0 Å². The molecule has 0 heterocycles. The molecule has 0 aromatic rings. The summed E-state index contributed by atoms with van der Waals surface area (Å²) >= 11 is 0. The van der Waals surface area contributed by atoms with Crippen LogP contribution in [0.1, 0.15) is 67.2 Å². The minimum Gasteiger partial charge on any atom is -0.411 e. The van der Waals surface area contributed by atoms with Crippen LogP contribution in [0.5, 0.6) is 0 Å². The molecule has 5 N–H and O–H groups in total. The summed E-state index contributed by atoms with van der Waals surface area (Å²) in [6.07, 6.45) is 3.90. The fourth-order valence-electron chi connectivity index (χ4n) is 6.95. The van der Waals surface area contributed by atoms with Crippen LogP contribution in [0.25, 0.3) is 0 Å². The number of hydrogen-bond acceptors (Lipinski definition) is 7. The van der Waals surface area contributed by atoms with Crippen molar-refractivity contribution in [2.75, 3.05) is 26.2 Å². The lowest BCUT2D eigenvalue weighted by Gasteiger charge is -2.35. The van der Waals surface area contributed by atoms with Crippen molar-refractivity contribution in [2.45, 2.75) is 78.3 Å². The van der Waals surface area contributed by atoms with E-state index < -0.39 is 0 Å². The highest BCUT2D eigenvalue weighted by molar-refractivity contribution is 5.95. The van der Waals surface area contributed by atoms with Crippen LogP contribution >= 0.6 is 0 Å². The Morgan fingerprint density at radius 1 is 0.677 bits per heavy atom. The zero-order chi connectivity index (χ0) is 22.7. The molecule has 0 radical (unpaired) electrons. The molecule has 4 aliphatic rings. The first-order chi connectivity index (χ1) is 14.5. The maximum Gasteiger partial charge on any atom is 0.0771 e. The lowest BCUT2D eigenvalue weighted by molar-refractivity contribution is 0.292. The quantitative estimate of drug-likeness (QED) is 0.230. The minimum absolute atomic E-state index is 0.209. The van der Waals surface area contributed by atoms with Crippen LogP contribution in [0.3, 0.4) is 0 Å². The fourth-order valence-corrected chi connectivity index (χ4v) is 6.95. The lowest BCUT2D eigenvalue weighted by atomic mass is 9.81. The van der Waals surface area contributed by atoms with Crippen molar-refractivity contribution in [1.29, 1.82) is 0 Å². The summed E-state index contributed by atoms with van der Waals surface area (Å²) in [6, 6.07) is 0. The van der Waals surface area contributed by atoms with Crippen LogP contribution in [-0.2, 0) is 0 Å². The van der Waals surface area contributed by atoms with Crippen molar-refractivity contribution >= 4 is 11.4 Å². The van der Waals surface area contributed by atoms with Crippen molar-refractivity contribution in [3.63, 3.8) is 0 Å². The maximum atomic E-state index is 9.55. The summed E-state index contributed by atoms with van der Waals surface area (Å²) in [5.41, 5.74) is 2.15. The first-order valence-electron chi connectivity index (χ1n) is 12.1. The van der Waals surface area contributed by atoms with Gasteiger partial charge in [-0.3, -0.25) is 0 Å². The second-order valence-electron chi connectivity index (χ2n) is 12.2. The van der Waals surface area contributed by atoms with Crippen molar-refractivity contribution < 1.29 is 10.4 Å². The molecule has 0 unspecified atom stereocenters. The Balaban J connectivity index is 1.17. The van der Waals surface area contributed by atoms with Gasteiger partial charge in [0.1, 0.15) is 0 Å². The summed E-state index contributed by atoms with van der Waals surface area (Å²) in [7, 11) is 0. The van der Waals surface area contributed by atoms with Gasteiger partial charge in [0.25, 0.3) is 0 Å². The van der Waals surface area contributed by atoms with Gasteiger partial charge < -0.3 is 26.4 Å². The van der Waals surface area contributed by atoms with Crippen LogP contribution < -0.4 is 16.0 Å². The Kier molecular flexibility index (Phi) is 5.71. The van der Waals surface area contributed by atoms with Gasteiger partial charge in [0, 0.05) is 26.2 Å². The van der Waals surface area contributed by atoms with E-state index in [0.717, 1.165) is 75.1 Å². The first kappa shape index (κ1) is 23.0. The number of oxime groups is 2. The molecule has 4 aliphatic carbocycles. The average Bonchev–Trinajstić information content (AvgIpc) is 3.45. The van der Waals surface area contributed by atoms with Gasteiger partial charge in [-0.1, -0.05) is 38.0 Å². The molecule has 0 spiro atoms. The van der Waals surface area contributed by atoms with Gasteiger partial charge in [-0.2, -0.15) is 0 Å². The Bertz CT molecular complexity index is 701. The van der Waals surface area contributed by atoms with Crippen molar-refractivity contribution in [3.8, 4) is 0 Å². The molecule has 176 valence electrons. The average molecular weight is 434 g/mol. The van der Waals surface area contributed by atoms with E-state index >= 15 is 0 Å². The first-order valence-corrected chi connectivity index (χ1v) is 12.1. The van der Waals surface area contributed by atoms with E-state index in [0.29, 0.717) is 22.7 Å². The normalized spacial score (nSPS) is 44.7. The van der Waals surface area contributed by atoms with Gasteiger partial charge in [0.2, 0.25) is 0 Å². The van der Waals surface area contributed by atoms with E-state index in [1.54, 1.807) is 0 Å². The number of hydrogen-bond donors (Lipinski definition) is 5. The summed E-state index contributed by atoms with van der Waals surface area (Å²) in [4.78, 5) is 0. The number of fused-ring (bicyclic) bond motifs is 2. The SMILES string of the molecule is CC1(C)[C@@H]2C/C(=N\O)[C@@](C)(NCCNCCN[C@@]3(C)C[C@H]4[C@@H](C/C3=N\O)C4(C)C)C[C@@H]21. The Labute approximate surface area is 187 Å². The van der Waals surface area contributed by atoms with Crippen molar-refractivity contribution in [3.05, 3.63) is 0 Å². The third-order valence-electron chi connectivity index (χ3n) is 9.81. The van der Waals surface area contributed by atoms with Crippen LogP contribution in [0.2, 0.25) is 0 Å². The molecular weight excluding hydrogens is 390 g/mol. The van der Waals surface area contributed by atoms with Gasteiger partial charge in [0.15, 0.2) is 0 Å². The number of nitrogens with one attached hydrogen (secondary N) is 3. The van der Waals surface area contributed by atoms with Crippen molar-refractivity contribution in [1.82, 2.24) is 16.0 Å². The Hall–Kier alpha value is -1.18. The molecule has 0 saturated heterocycles. The van der Waals surface area contributed by atoms with Crippen LogP contribution in [0.4, 0.5) is 0 Å². The van der Waals surface area contributed by atoms with Gasteiger partial charge >= 0.3 is 0 Å². The molecule has 0 aromatic carbocycles. The summed E-state index contributed by atoms with van der Waals surface area (Å²) in [5.74, 6) is 2.79. The van der Waals surface area contributed by atoms with Crippen LogP contribution in [0.15, 0.2) is 10.3 Å². The van der Waals surface area contributed by atoms with Gasteiger partial charge in [0.05, 0.1) is 22.5 Å². The third kappa shape index (κ3) is 3.91. The predicted octanol–water partition coefficient (Wildman–Crippen LogP) is 3.07. The molecule has 6 atom stereocenters. The molecule has 31 heavy (non-hydrogen) atoms. The topological polar surface area (TPSA) is 101 Å². The van der Waals surface area contributed by atoms with Crippen LogP contribution in [-0.4, -0.2) is 59.1 Å². The highest BCUT2D eigenvalue weighted by Crippen LogP contribution is 2.66. The molecular formula is C24H43N5O2. The monoisotopic (exact) mass is 433 g/mol. The standard InChI is InChI=1S/C24H43N5O2/c1-21(2)15-11-19(28-30)23(5,13-17(15)21)26-9-7-25-8-10-27-24(6)14-18-16(22(18,3)4)12-20(24)29-31/h15-18,25-27,30-31H,7-14H2,1-6H3/b28-19+,29-20+/t15-,16-,17+,18+,23+,24+/m1/s1. The van der Waals surface area contributed by atoms with Gasteiger partial charge in [-0.05, 0) is 74.0 Å². The zero-order valence-electron chi connectivity index (χ0n) is 20.3. The van der Waals surface area contributed by atoms with E-state index in [9.17, 15) is 10.4 Å². The highest BCUT2D eigenvalue weighted by atomic mass is 16.4. The molecule has 0 aromatic heterocycles. The Morgan fingerprint density at radius 2 is 1.06 bits per heavy atom. The summed E-state index contributed by atoms with van der Waals surface area (Å²) < 4.78 is 0. The second kappa shape index (κ2) is 7.70. The summed E-state index contributed by atoms with van der Waals surface area (Å²) in [5, 5.41) is 37.2. The van der Waals surface area contributed by atoms with Crippen LogP contribution in [0, 0.1) is 34.5 Å². The molecule has 4 saturated carbocycles. The predicted molar refractivity (Wildman–Crippen MR) is 124 cm³/mol. The van der Waals surface area contributed by atoms with Crippen molar-refractivity contribution in [2.24, 2.45) is 44.8 Å². The number of nitrogens with zero attached hydrogens (tertiary/aromatic N) is 2. The molecule has 4 rings (SSSR count). The highest BCUT2D eigenvalue weighted by Gasteiger charge is 2.64. The largest absolute Gasteiger partial charge is 0.411 e. The smallest absolute Gasteiger partial charge is 0.0771 e. The molecule has 0 bridgehead atoms. The van der Waals surface area contributed by atoms with E-state index in [2.05, 4.69) is 67.8 Å². The lowest BCUT2D eigenvalue weighted by Crippen LogP contribution is -2.54. The van der Waals surface area contributed by atoms with Gasteiger partial charge in [-0.25, -0.2) is 0 Å². The zero-order valence-corrected chi connectivity index (χ0v) is 20.3. The minimum atomic E-state index is -0.209. The Morgan fingerprint density at radius 3 is 1.42 bits per heavy atom. The van der Waals surface area contributed by atoms with E-state index in [-0.39, 0.29) is 11.1 Å². The molecule has 7 heteroatoms. The second-order valence-corrected chi connectivity index (χ2v) is 12.2.